The van der Waals surface area contributed by atoms with Gasteiger partial charge >= 0.3 is 11.8 Å². The van der Waals surface area contributed by atoms with Gasteiger partial charge in [-0.15, -0.1) is 0 Å². The molecule has 0 atom stereocenters. The fraction of sp³-hybridized carbons (Fsp3) is 0.562. The maximum Gasteiger partial charge on any atom is 0.422 e. The average molecular weight is 352 g/mol. The number of benzene rings is 1. The van der Waals surface area contributed by atoms with E-state index in [-0.39, 0.29) is 11.4 Å². The Kier molecular flexibility index (Phi) is 5.68. The van der Waals surface area contributed by atoms with E-state index in [1.165, 1.54) is 13.2 Å². The zero-order chi connectivity index (χ0) is 18.6. The van der Waals surface area contributed by atoms with E-state index in [0.717, 1.165) is 5.69 Å². The lowest BCUT2D eigenvalue weighted by atomic mass is 10.2. The highest BCUT2D eigenvalue weighted by Crippen LogP contribution is 2.31. The van der Waals surface area contributed by atoms with Crippen molar-refractivity contribution in [1.82, 2.24) is 10.4 Å². The normalized spacial score (nSPS) is 15.6. The fourth-order valence-electron chi connectivity index (χ4n) is 2.52. The van der Waals surface area contributed by atoms with E-state index in [2.05, 4.69) is 10.3 Å². The molecule has 1 N–H and O–H groups in total. The number of anilines is 1. The summed E-state index contributed by atoms with van der Waals surface area (Å²) in [7, 11) is 1.41. The molecule has 1 fully saturated rings. The van der Waals surface area contributed by atoms with Gasteiger partial charge in [-0.2, -0.15) is 0 Å². The summed E-state index contributed by atoms with van der Waals surface area (Å²) in [6.07, 6.45) is -0.474. The lowest BCUT2D eigenvalue weighted by molar-refractivity contribution is -0.385. The summed E-state index contributed by atoms with van der Waals surface area (Å²) in [5, 5.41) is 12.8. The molecule has 0 aliphatic carbocycles. The number of nitro benzene ring substituents is 1. The molecule has 1 aromatic carbocycles. The summed E-state index contributed by atoms with van der Waals surface area (Å²) in [5.74, 6) is 0.233. The van der Waals surface area contributed by atoms with Crippen molar-refractivity contribution in [3.05, 3.63) is 28.3 Å². The third-order valence-corrected chi connectivity index (χ3v) is 3.65. The van der Waals surface area contributed by atoms with Gasteiger partial charge in [0.25, 0.3) is 0 Å². The highest BCUT2D eigenvalue weighted by atomic mass is 16.6. The number of hydrogen-bond acceptors (Lipinski definition) is 7. The molecular formula is C16H24N4O5. The molecule has 25 heavy (non-hydrogen) atoms. The van der Waals surface area contributed by atoms with Crippen LogP contribution in [0.5, 0.6) is 5.75 Å². The highest BCUT2D eigenvalue weighted by Gasteiger charge is 2.23. The van der Waals surface area contributed by atoms with Crippen LogP contribution in [0.15, 0.2) is 18.2 Å². The predicted molar refractivity (Wildman–Crippen MR) is 92.8 cm³/mol. The van der Waals surface area contributed by atoms with Crippen LogP contribution in [0.25, 0.3) is 0 Å². The number of nitro groups is 1. The number of amides is 1. The first-order chi connectivity index (χ1) is 11.7. The van der Waals surface area contributed by atoms with E-state index < -0.39 is 16.6 Å². The molecule has 0 saturated carbocycles. The average Bonchev–Trinajstić information content (AvgIpc) is 2.53. The minimum atomic E-state index is -0.540. The SMILES string of the molecule is COc1cc(N2CCN(NC(=O)OC(C)(C)C)CC2)ccc1[N+](=O)[O-]. The fourth-order valence-corrected chi connectivity index (χ4v) is 2.52. The first kappa shape index (κ1) is 18.8. The van der Waals surface area contributed by atoms with Crippen molar-refractivity contribution in [2.24, 2.45) is 0 Å². The molecule has 0 spiro atoms. The molecule has 1 saturated heterocycles. The van der Waals surface area contributed by atoms with Crippen LogP contribution in [0.4, 0.5) is 16.2 Å². The number of rotatable bonds is 4. The Bertz CT molecular complexity index is 636. The molecular weight excluding hydrogens is 328 g/mol. The standard InChI is InChI=1S/C16H24N4O5/c1-16(2,3)25-15(21)17-19-9-7-18(8-10-19)12-5-6-13(20(22)23)14(11-12)24-4/h5-6,11H,7-10H2,1-4H3,(H,17,21). The van der Waals surface area contributed by atoms with Gasteiger partial charge in [0.05, 0.1) is 12.0 Å². The zero-order valence-electron chi connectivity index (χ0n) is 14.9. The van der Waals surface area contributed by atoms with Crippen LogP contribution < -0.4 is 15.1 Å². The predicted octanol–water partition coefficient (Wildman–Crippen LogP) is 2.17. The Morgan fingerprint density at radius 1 is 1.24 bits per heavy atom. The second kappa shape index (κ2) is 7.56. The van der Waals surface area contributed by atoms with E-state index in [9.17, 15) is 14.9 Å². The maximum atomic E-state index is 11.8. The van der Waals surface area contributed by atoms with Gasteiger partial charge < -0.3 is 14.4 Å². The number of piperazine rings is 1. The Morgan fingerprint density at radius 2 is 1.88 bits per heavy atom. The van der Waals surface area contributed by atoms with Crippen molar-refractivity contribution in [2.75, 3.05) is 38.2 Å². The van der Waals surface area contributed by atoms with Crippen molar-refractivity contribution < 1.29 is 19.2 Å². The third kappa shape index (κ3) is 5.21. The van der Waals surface area contributed by atoms with Crippen molar-refractivity contribution in [3.8, 4) is 5.75 Å². The summed E-state index contributed by atoms with van der Waals surface area (Å²) in [6.45, 7) is 7.98. The quantitative estimate of drug-likeness (QED) is 0.655. The van der Waals surface area contributed by atoms with Gasteiger partial charge in [-0.05, 0) is 26.8 Å². The Balaban J connectivity index is 1.94. The van der Waals surface area contributed by atoms with E-state index in [0.29, 0.717) is 26.2 Å². The lowest BCUT2D eigenvalue weighted by Gasteiger charge is -2.36. The van der Waals surface area contributed by atoms with E-state index >= 15 is 0 Å². The second-order valence-corrected chi connectivity index (χ2v) is 6.70. The highest BCUT2D eigenvalue weighted by molar-refractivity contribution is 5.67. The number of carbonyl (C=O) groups is 1. The monoisotopic (exact) mass is 352 g/mol. The van der Waals surface area contributed by atoms with Crippen molar-refractivity contribution >= 4 is 17.5 Å². The Morgan fingerprint density at radius 3 is 2.40 bits per heavy atom. The number of hydrazine groups is 1. The Labute approximate surface area is 146 Å². The number of methoxy groups -OCH3 is 1. The zero-order valence-corrected chi connectivity index (χ0v) is 14.9. The van der Waals surface area contributed by atoms with Gasteiger partial charge in [0.2, 0.25) is 0 Å². The van der Waals surface area contributed by atoms with Crippen molar-refractivity contribution in [3.63, 3.8) is 0 Å². The van der Waals surface area contributed by atoms with Gasteiger partial charge in [-0.25, -0.2) is 9.80 Å². The molecule has 1 aliphatic rings. The van der Waals surface area contributed by atoms with Crippen LogP contribution in [-0.2, 0) is 4.74 Å². The summed E-state index contributed by atoms with van der Waals surface area (Å²) in [4.78, 5) is 24.4. The van der Waals surface area contributed by atoms with Crippen molar-refractivity contribution in [2.45, 2.75) is 26.4 Å². The van der Waals surface area contributed by atoms with Gasteiger partial charge in [0.15, 0.2) is 5.75 Å². The molecule has 138 valence electrons. The van der Waals surface area contributed by atoms with Crippen LogP contribution in [0.3, 0.4) is 0 Å². The minimum absolute atomic E-state index is 0.0588. The molecule has 1 amide bonds. The number of nitrogens with zero attached hydrogens (tertiary/aromatic N) is 3. The van der Waals surface area contributed by atoms with Gasteiger partial charge in [0.1, 0.15) is 5.60 Å². The molecule has 9 heteroatoms. The van der Waals surface area contributed by atoms with Crippen LogP contribution in [0, 0.1) is 10.1 Å². The lowest BCUT2D eigenvalue weighted by Crippen LogP contribution is -2.54. The van der Waals surface area contributed by atoms with E-state index in [4.69, 9.17) is 9.47 Å². The van der Waals surface area contributed by atoms with E-state index in [1.54, 1.807) is 17.1 Å². The molecule has 1 aromatic rings. The molecule has 0 bridgehead atoms. The number of ether oxygens (including phenoxy) is 2. The molecule has 2 rings (SSSR count). The summed E-state index contributed by atoms with van der Waals surface area (Å²) in [6, 6.07) is 4.81. The number of nitrogens with one attached hydrogen (secondary N) is 1. The molecule has 0 unspecified atom stereocenters. The second-order valence-electron chi connectivity index (χ2n) is 6.70. The van der Waals surface area contributed by atoms with Gasteiger partial charge in [-0.1, -0.05) is 0 Å². The topological polar surface area (TPSA) is 97.2 Å². The van der Waals surface area contributed by atoms with E-state index in [1.807, 2.05) is 20.8 Å². The number of hydrogen-bond donors (Lipinski definition) is 1. The first-order valence-electron chi connectivity index (χ1n) is 8.01. The maximum absolute atomic E-state index is 11.8. The first-order valence-corrected chi connectivity index (χ1v) is 8.01. The van der Waals surface area contributed by atoms with Crippen molar-refractivity contribution in [1.29, 1.82) is 0 Å². The van der Waals surface area contributed by atoms with Crippen LogP contribution >= 0.6 is 0 Å². The van der Waals surface area contributed by atoms with Crippen LogP contribution in [0.2, 0.25) is 0 Å². The van der Waals surface area contributed by atoms with Gasteiger partial charge in [-0.3, -0.25) is 15.5 Å². The summed E-state index contributed by atoms with van der Waals surface area (Å²) in [5.41, 5.74) is 2.97. The Hall–Kier alpha value is -2.55. The third-order valence-electron chi connectivity index (χ3n) is 3.65. The van der Waals surface area contributed by atoms with Gasteiger partial charge in [0, 0.05) is 44.0 Å². The summed E-state index contributed by atoms with van der Waals surface area (Å²) < 4.78 is 10.3. The largest absolute Gasteiger partial charge is 0.490 e. The molecule has 1 aliphatic heterocycles. The molecule has 0 radical (unpaired) electrons. The minimum Gasteiger partial charge on any atom is -0.490 e. The number of carbonyl (C=O) groups excluding carboxylic acids is 1. The molecule has 1 heterocycles. The smallest absolute Gasteiger partial charge is 0.422 e. The van der Waals surface area contributed by atoms with Crippen LogP contribution in [-0.4, -0.2) is 54.9 Å². The molecule has 0 aromatic heterocycles. The van der Waals surface area contributed by atoms with Crippen LogP contribution in [0.1, 0.15) is 20.8 Å². The summed E-state index contributed by atoms with van der Waals surface area (Å²) >= 11 is 0. The molecule has 9 nitrogen and oxygen atoms in total.